The summed E-state index contributed by atoms with van der Waals surface area (Å²) in [6.07, 6.45) is 0.315. The van der Waals surface area contributed by atoms with Crippen LogP contribution < -0.4 is 44.1 Å². The van der Waals surface area contributed by atoms with Crippen LogP contribution >= 0.6 is 22.7 Å². The first-order valence-electron chi connectivity index (χ1n) is 12.4. The van der Waals surface area contributed by atoms with Crippen molar-refractivity contribution < 1.29 is 48.9 Å². The maximum absolute atomic E-state index is 11.4. The van der Waals surface area contributed by atoms with Crippen molar-refractivity contribution >= 4 is 49.1 Å². The Hall–Kier alpha value is -3.27. The van der Waals surface area contributed by atoms with Gasteiger partial charge in [0.2, 0.25) is 0 Å². The summed E-state index contributed by atoms with van der Waals surface area (Å²) >= 11 is 2.98. The molecule has 0 N–H and O–H groups in total. The van der Waals surface area contributed by atoms with Gasteiger partial charge in [-0.15, -0.1) is 0 Å². The molecule has 40 heavy (non-hydrogen) atoms. The number of aromatic nitrogens is 2. The number of thiazole rings is 2. The first-order chi connectivity index (χ1) is 19.0. The van der Waals surface area contributed by atoms with Crippen LogP contribution in [0.4, 0.5) is 0 Å². The van der Waals surface area contributed by atoms with Gasteiger partial charge in [0, 0.05) is 11.4 Å². The fraction of sp³-hybridized carbons (Fsp3) is 0.129. The molecule has 4 aromatic carbocycles. The first-order valence-corrected chi connectivity index (χ1v) is 14.1. The van der Waals surface area contributed by atoms with E-state index in [1.165, 1.54) is 22.7 Å². The standard InChI is InChI=1S/C31H24N2O4S2.Na/c1-31(19-18-28(34)35,20-10-14-22(15-11-20)36-29-32-24-6-2-4-8-26(24)38-29)21-12-16-23(17-13-21)37-30-33-25-7-3-5-9-27(25)39-30;/h2-17H,18-19H2,1H3,(H,34,35);/q;+1/p-1. The number of nitrogens with zero attached hydrogens (tertiary/aromatic N) is 2. The SMILES string of the molecule is CC(CCC(=O)[O-])(c1ccc(Oc2nc3ccccc3s2)cc1)c1ccc(Oc2nc3ccccc3s2)cc1.[Na+]. The molecule has 0 bridgehead atoms. The van der Waals surface area contributed by atoms with Crippen LogP contribution in [0.3, 0.4) is 0 Å². The van der Waals surface area contributed by atoms with Crippen molar-refractivity contribution in [3.05, 3.63) is 108 Å². The number of carbonyl (C=O) groups is 1. The van der Waals surface area contributed by atoms with Gasteiger partial charge in [-0.1, -0.05) is 78.1 Å². The van der Waals surface area contributed by atoms with Crippen LogP contribution in [0.25, 0.3) is 20.4 Å². The van der Waals surface area contributed by atoms with Gasteiger partial charge >= 0.3 is 29.6 Å². The zero-order valence-electron chi connectivity index (χ0n) is 22.0. The molecular formula is C31H23N2NaO4S2. The van der Waals surface area contributed by atoms with Gasteiger partial charge in [-0.2, -0.15) is 0 Å². The third-order valence-electron chi connectivity index (χ3n) is 6.77. The number of carboxylic acid groups (broad SMARTS) is 1. The molecule has 0 aliphatic carbocycles. The van der Waals surface area contributed by atoms with E-state index in [-0.39, 0.29) is 36.0 Å². The van der Waals surface area contributed by atoms with Gasteiger partial charge < -0.3 is 19.4 Å². The number of hydrogen-bond donors (Lipinski definition) is 0. The molecule has 0 unspecified atom stereocenters. The molecule has 6 nitrogen and oxygen atoms in total. The smallest absolute Gasteiger partial charge is 0.550 e. The molecule has 0 aliphatic rings. The van der Waals surface area contributed by atoms with Crippen LogP contribution in [0.2, 0.25) is 0 Å². The topological polar surface area (TPSA) is 84.4 Å². The number of aliphatic carboxylic acids is 1. The average Bonchev–Trinajstić information content (AvgIpc) is 3.55. The first kappa shape index (κ1) is 28.3. The van der Waals surface area contributed by atoms with Crippen molar-refractivity contribution in [2.24, 2.45) is 0 Å². The maximum atomic E-state index is 11.4. The Labute approximate surface area is 261 Å². The zero-order valence-corrected chi connectivity index (χ0v) is 25.6. The fourth-order valence-electron chi connectivity index (χ4n) is 4.58. The molecule has 2 heterocycles. The number of benzene rings is 4. The van der Waals surface area contributed by atoms with Gasteiger partial charge in [0.15, 0.2) is 0 Å². The third kappa shape index (κ3) is 6.06. The van der Waals surface area contributed by atoms with Crippen molar-refractivity contribution in [3.63, 3.8) is 0 Å². The van der Waals surface area contributed by atoms with Crippen molar-refractivity contribution in [2.45, 2.75) is 25.2 Å². The third-order valence-corrected chi connectivity index (χ3v) is 8.60. The van der Waals surface area contributed by atoms with Crippen LogP contribution in [0.5, 0.6) is 21.9 Å². The predicted molar refractivity (Wildman–Crippen MR) is 153 cm³/mol. The van der Waals surface area contributed by atoms with Gasteiger partial charge in [0.05, 0.1) is 20.4 Å². The number of carboxylic acids is 1. The molecule has 0 spiro atoms. The number of rotatable bonds is 9. The van der Waals surface area contributed by atoms with Crippen LogP contribution in [-0.4, -0.2) is 15.9 Å². The molecule has 0 aliphatic heterocycles. The van der Waals surface area contributed by atoms with Crippen molar-refractivity contribution in [3.8, 4) is 21.9 Å². The molecule has 0 saturated carbocycles. The Morgan fingerprint density at radius 1 is 0.725 bits per heavy atom. The summed E-state index contributed by atoms with van der Waals surface area (Å²) in [5.74, 6) is 0.257. The molecule has 6 rings (SSSR count). The van der Waals surface area contributed by atoms with Gasteiger partial charge in [-0.05, 0) is 72.5 Å². The van der Waals surface area contributed by atoms with E-state index in [0.717, 1.165) is 31.6 Å². The predicted octanol–water partition coefficient (Wildman–Crippen LogP) is 4.33. The largest absolute Gasteiger partial charge is 1.00 e. The summed E-state index contributed by atoms with van der Waals surface area (Å²) in [6, 6.07) is 31.3. The van der Waals surface area contributed by atoms with E-state index in [2.05, 4.69) is 9.97 Å². The van der Waals surface area contributed by atoms with Crippen molar-refractivity contribution in [1.82, 2.24) is 9.97 Å². The number of carbonyl (C=O) groups excluding carboxylic acids is 1. The van der Waals surface area contributed by atoms with E-state index in [9.17, 15) is 9.90 Å². The number of hydrogen-bond acceptors (Lipinski definition) is 8. The van der Waals surface area contributed by atoms with E-state index in [0.29, 0.717) is 28.3 Å². The van der Waals surface area contributed by atoms with Crippen molar-refractivity contribution in [2.75, 3.05) is 0 Å². The van der Waals surface area contributed by atoms with Gasteiger partial charge in [0.1, 0.15) is 11.5 Å². The van der Waals surface area contributed by atoms with Crippen LogP contribution in [0.15, 0.2) is 97.1 Å². The van der Waals surface area contributed by atoms with E-state index >= 15 is 0 Å². The van der Waals surface area contributed by atoms with Crippen LogP contribution in [0, 0.1) is 0 Å². The molecule has 9 heteroatoms. The number of fused-ring (bicyclic) bond motifs is 2. The Morgan fingerprint density at radius 2 is 1.15 bits per heavy atom. The summed E-state index contributed by atoms with van der Waals surface area (Å²) in [5, 5.41) is 12.6. The second-order valence-corrected chi connectivity index (χ2v) is 11.3. The van der Waals surface area contributed by atoms with E-state index < -0.39 is 11.4 Å². The summed E-state index contributed by atoms with van der Waals surface area (Å²) < 4.78 is 14.2. The molecule has 0 atom stereocenters. The van der Waals surface area contributed by atoms with Crippen molar-refractivity contribution in [1.29, 1.82) is 0 Å². The zero-order chi connectivity index (χ0) is 26.8. The van der Waals surface area contributed by atoms with Gasteiger partial charge in [0.25, 0.3) is 10.4 Å². The summed E-state index contributed by atoms with van der Waals surface area (Å²) in [7, 11) is 0. The molecule has 2 aromatic heterocycles. The molecule has 194 valence electrons. The molecule has 0 radical (unpaired) electrons. The minimum absolute atomic E-state index is 0. The molecule has 0 fully saturated rings. The summed E-state index contributed by atoms with van der Waals surface area (Å²) in [5.41, 5.74) is 3.18. The fourth-order valence-corrected chi connectivity index (χ4v) is 6.25. The Kier molecular flexibility index (Phi) is 8.54. The number of ether oxygens (including phenoxy) is 2. The minimum atomic E-state index is -1.08. The molecular weight excluding hydrogens is 551 g/mol. The monoisotopic (exact) mass is 574 g/mol. The number of para-hydroxylation sites is 2. The van der Waals surface area contributed by atoms with E-state index in [1.54, 1.807) is 0 Å². The maximum Gasteiger partial charge on any atom is 1.00 e. The van der Waals surface area contributed by atoms with Gasteiger partial charge in [-0.25, -0.2) is 9.97 Å². The normalized spacial score (nSPS) is 11.3. The van der Waals surface area contributed by atoms with Crippen LogP contribution in [0.1, 0.15) is 30.9 Å². The summed E-state index contributed by atoms with van der Waals surface area (Å²) in [4.78, 5) is 20.5. The Morgan fingerprint density at radius 3 is 1.55 bits per heavy atom. The average molecular weight is 575 g/mol. The molecule has 0 amide bonds. The Balaban J connectivity index is 0.00000323. The second kappa shape index (κ2) is 12.1. The van der Waals surface area contributed by atoms with E-state index in [4.69, 9.17) is 9.47 Å². The van der Waals surface area contributed by atoms with Gasteiger partial charge in [-0.3, -0.25) is 0 Å². The minimum Gasteiger partial charge on any atom is -0.550 e. The summed E-state index contributed by atoms with van der Waals surface area (Å²) in [6.45, 7) is 2.04. The van der Waals surface area contributed by atoms with E-state index in [1.807, 2.05) is 104 Å². The molecule has 6 aromatic rings. The van der Waals surface area contributed by atoms with Crippen LogP contribution in [-0.2, 0) is 10.2 Å². The Bertz CT molecular complexity index is 1580. The second-order valence-electron chi connectivity index (χ2n) is 9.35. The quantitative estimate of drug-likeness (QED) is 0.239. The molecule has 0 saturated heterocycles.